The van der Waals surface area contributed by atoms with E-state index in [2.05, 4.69) is 25.3 Å². The summed E-state index contributed by atoms with van der Waals surface area (Å²) in [6.07, 6.45) is 5.56. The van der Waals surface area contributed by atoms with Crippen LogP contribution in [0.5, 0.6) is 0 Å². The number of pyridine rings is 1. The number of nitrogens with zero attached hydrogens (tertiary/aromatic N) is 5. The lowest BCUT2D eigenvalue weighted by molar-refractivity contribution is 0.292. The maximum Gasteiger partial charge on any atom is 0.260 e. The second kappa shape index (κ2) is 9.42. The Kier molecular flexibility index (Phi) is 6.43. The van der Waals surface area contributed by atoms with Crippen LogP contribution < -0.4 is 10.9 Å². The molecule has 4 aromatic rings. The van der Waals surface area contributed by atoms with Crippen LogP contribution in [0.2, 0.25) is 5.02 Å². The van der Waals surface area contributed by atoms with Crippen molar-refractivity contribution in [3.8, 4) is 22.4 Å². The molecule has 0 amide bonds. The highest BCUT2D eigenvalue weighted by atomic mass is 35.5. The molecule has 32 heavy (non-hydrogen) atoms. The molecule has 0 aliphatic heterocycles. The Hall–Kier alpha value is -3.36. The Balaban J connectivity index is 1.79. The second-order valence-electron chi connectivity index (χ2n) is 7.27. The van der Waals surface area contributed by atoms with Crippen LogP contribution in [0, 0.1) is 6.92 Å². The van der Waals surface area contributed by atoms with Gasteiger partial charge in [-0.1, -0.05) is 23.7 Å². The van der Waals surface area contributed by atoms with Crippen molar-refractivity contribution in [3.05, 3.63) is 63.9 Å². The van der Waals surface area contributed by atoms with Gasteiger partial charge in [-0.3, -0.25) is 19.3 Å². The van der Waals surface area contributed by atoms with Crippen LogP contribution in [-0.4, -0.2) is 42.8 Å². The number of aromatic nitrogens is 5. The molecular weight excluding hydrogens is 428 g/mol. The third-order valence-corrected chi connectivity index (χ3v) is 5.49. The number of hydrogen-bond acceptors (Lipinski definition) is 7. The van der Waals surface area contributed by atoms with Crippen LogP contribution in [0.1, 0.15) is 19.0 Å². The third kappa shape index (κ3) is 4.19. The lowest BCUT2D eigenvalue weighted by atomic mass is 10.0. The van der Waals surface area contributed by atoms with E-state index in [9.17, 15) is 4.79 Å². The Labute approximate surface area is 190 Å². The molecule has 1 aromatic carbocycles. The zero-order valence-corrected chi connectivity index (χ0v) is 18.6. The summed E-state index contributed by atoms with van der Waals surface area (Å²) in [4.78, 5) is 30.8. The van der Waals surface area contributed by atoms with Gasteiger partial charge < -0.3 is 10.4 Å². The van der Waals surface area contributed by atoms with Crippen molar-refractivity contribution in [2.24, 2.45) is 0 Å². The summed E-state index contributed by atoms with van der Waals surface area (Å²) in [5, 5.41) is 13.2. The first-order chi connectivity index (χ1) is 15.5. The second-order valence-corrected chi connectivity index (χ2v) is 7.68. The van der Waals surface area contributed by atoms with Gasteiger partial charge in [0.15, 0.2) is 0 Å². The number of aliphatic hydroxyl groups excluding tert-OH is 1. The Morgan fingerprint density at radius 1 is 1.12 bits per heavy atom. The summed E-state index contributed by atoms with van der Waals surface area (Å²) in [6, 6.07) is 7.30. The summed E-state index contributed by atoms with van der Waals surface area (Å²) in [5.41, 5.74) is 3.88. The molecule has 0 saturated carbocycles. The standard InChI is InChI=1S/C23H23ClN6O2/c1-3-30-21-16(13-28-23(29-21)27-7-4-10-31)11-18(22(30)32)17-6-5-15(12-19(17)24)20-14(2)25-8-9-26-20/h5-6,8-9,11-13,31H,3-4,7,10H2,1-2H3,(H,27,28,29). The molecule has 0 spiro atoms. The Bertz CT molecular complexity index is 1340. The molecule has 0 atom stereocenters. The molecule has 0 bridgehead atoms. The number of aryl methyl sites for hydroxylation is 2. The first kappa shape index (κ1) is 21.9. The lowest BCUT2D eigenvalue weighted by Gasteiger charge is -2.13. The quantitative estimate of drug-likeness (QED) is 0.413. The molecule has 9 heteroatoms. The van der Waals surface area contributed by atoms with E-state index >= 15 is 0 Å². The highest BCUT2D eigenvalue weighted by Crippen LogP contribution is 2.32. The van der Waals surface area contributed by atoms with Crippen molar-refractivity contribution in [3.63, 3.8) is 0 Å². The normalized spacial score (nSPS) is 11.1. The van der Waals surface area contributed by atoms with Gasteiger partial charge in [-0.25, -0.2) is 4.98 Å². The minimum atomic E-state index is -0.176. The molecule has 8 nitrogen and oxygen atoms in total. The molecule has 0 unspecified atom stereocenters. The highest BCUT2D eigenvalue weighted by Gasteiger charge is 2.16. The Morgan fingerprint density at radius 2 is 1.94 bits per heavy atom. The number of rotatable bonds is 7. The number of aliphatic hydroxyl groups is 1. The topological polar surface area (TPSA) is 106 Å². The number of fused-ring (bicyclic) bond motifs is 1. The Morgan fingerprint density at radius 3 is 2.66 bits per heavy atom. The van der Waals surface area contributed by atoms with Gasteiger partial charge in [-0.05, 0) is 32.4 Å². The SMILES string of the molecule is CCn1c(=O)c(-c2ccc(-c3nccnc3C)cc2Cl)cc2cnc(NCCCO)nc21. The van der Waals surface area contributed by atoms with Crippen molar-refractivity contribution in [1.29, 1.82) is 0 Å². The molecule has 164 valence electrons. The lowest BCUT2D eigenvalue weighted by Crippen LogP contribution is -2.22. The van der Waals surface area contributed by atoms with E-state index in [-0.39, 0.29) is 12.2 Å². The van der Waals surface area contributed by atoms with Gasteiger partial charge in [-0.2, -0.15) is 4.98 Å². The summed E-state index contributed by atoms with van der Waals surface area (Å²) < 4.78 is 1.61. The number of benzene rings is 1. The first-order valence-corrected chi connectivity index (χ1v) is 10.7. The average Bonchev–Trinajstić information content (AvgIpc) is 2.79. The first-order valence-electron chi connectivity index (χ1n) is 10.4. The fourth-order valence-electron chi connectivity index (χ4n) is 3.58. The van der Waals surface area contributed by atoms with Gasteiger partial charge in [-0.15, -0.1) is 0 Å². The molecular formula is C23H23ClN6O2. The zero-order chi connectivity index (χ0) is 22.7. The number of halogens is 1. The van der Waals surface area contributed by atoms with E-state index in [1.54, 1.807) is 35.3 Å². The number of nitrogens with one attached hydrogen (secondary N) is 1. The molecule has 0 fully saturated rings. The average molecular weight is 451 g/mol. The molecule has 2 N–H and O–H groups in total. The molecule has 3 aromatic heterocycles. The molecule has 0 aliphatic carbocycles. The largest absolute Gasteiger partial charge is 0.396 e. The van der Waals surface area contributed by atoms with Crippen LogP contribution in [0.4, 0.5) is 5.95 Å². The molecule has 0 saturated heterocycles. The van der Waals surface area contributed by atoms with Crippen LogP contribution in [0.15, 0.2) is 47.7 Å². The van der Waals surface area contributed by atoms with Crippen molar-refractivity contribution in [1.82, 2.24) is 24.5 Å². The predicted molar refractivity (Wildman–Crippen MR) is 126 cm³/mol. The molecule has 4 rings (SSSR count). The zero-order valence-electron chi connectivity index (χ0n) is 17.8. The maximum absolute atomic E-state index is 13.3. The molecule has 3 heterocycles. The number of anilines is 1. The van der Waals surface area contributed by atoms with E-state index < -0.39 is 0 Å². The highest BCUT2D eigenvalue weighted by molar-refractivity contribution is 6.33. The number of hydrogen-bond donors (Lipinski definition) is 2. The predicted octanol–water partition coefficient (Wildman–Crippen LogP) is 3.69. The van der Waals surface area contributed by atoms with E-state index in [0.717, 1.165) is 22.3 Å². The van der Waals surface area contributed by atoms with Crippen molar-refractivity contribution >= 4 is 28.6 Å². The smallest absolute Gasteiger partial charge is 0.260 e. The minimum absolute atomic E-state index is 0.0829. The van der Waals surface area contributed by atoms with Crippen molar-refractivity contribution in [2.75, 3.05) is 18.5 Å². The minimum Gasteiger partial charge on any atom is -0.396 e. The van der Waals surface area contributed by atoms with Crippen LogP contribution in [0.25, 0.3) is 33.4 Å². The van der Waals surface area contributed by atoms with Gasteiger partial charge in [0.1, 0.15) is 5.65 Å². The summed E-state index contributed by atoms with van der Waals surface area (Å²) in [7, 11) is 0. The van der Waals surface area contributed by atoms with Crippen molar-refractivity contribution in [2.45, 2.75) is 26.8 Å². The van der Waals surface area contributed by atoms with E-state index in [1.165, 1.54) is 0 Å². The van der Waals surface area contributed by atoms with Gasteiger partial charge >= 0.3 is 0 Å². The fraction of sp³-hybridized carbons (Fsp3) is 0.261. The van der Waals surface area contributed by atoms with Gasteiger partial charge in [0.05, 0.1) is 11.4 Å². The fourth-order valence-corrected chi connectivity index (χ4v) is 3.86. The monoisotopic (exact) mass is 450 g/mol. The van der Waals surface area contributed by atoms with Crippen LogP contribution >= 0.6 is 11.6 Å². The summed E-state index contributed by atoms with van der Waals surface area (Å²) in [6.45, 7) is 4.86. The van der Waals surface area contributed by atoms with Crippen LogP contribution in [-0.2, 0) is 6.54 Å². The van der Waals surface area contributed by atoms with Gasteiger partial charge in [0.2, 0.25) is 5.95 Å². The van der Waals surface area contributed by atoms with E-state index in [0.29, 0.717) is 47.3 Å². The molecule has 0 aliphatic rings. The molecule has 0 radical (unpaired) electrons. The third-order valence-electron chi connectivity index (χ3n) is 5.18. The van der Waals surface area contributed by atoms with E-state index in [4.69, 9.17) is 16.7 Å². The summed E-state index contributed by atoms with van der Waals surface area (Å²) >= 11 is 6.62. The van der Waals surface area contributed by atoms with Gasteiger partial charge in [0.25, 0.3) is 5.56 Å². The maximum atomic E-state index is 13.3. The van der Waals surface area contributed by atoms with E-state index in [1.807, 2.05) is 26.0 Å². The van der Waals surface area contributed by atoms with Crippen molar-refractivity contribution < 1.29 is 5.11 Å². The van der Waals surface area contributed by atoms with Gasteiger partial charge in [0, 0.05) is 65.4 Å². The summed E-state index contributed by atoms with van der Waals surface area (Å²) in [5.74, 6) is 0.419. The van der Waals surface area contributed by atoms with Crippen LogP contribution in [0.3, 0.4) is 0 Å².